The number of nitrogens with zero attached hydrogens (tertiary/aromatic N) is 1. The van der Waals surface area contributed by atoms with Gasteiger partial charge in [0.1, 0.15) is 4.32 Å². The number of primary amides is 1. The average molecular weight is 525 g/mol. The summed E-state index contributed by atoms with van der Waals surface area (Å²) < 4.78 is 25.8. The Hall–Kier alpha value is -2.93. The summed E-state index contributed by atoms with van der Waals surface area (Å²) in [6.07, 6.45) is 1.68. The fourth-order valence-electron chi connectivity index (χ4n) is 2.75. The number of rotatable bonds is 7. The molecule has 4 N–H and O–H groups in total. The SMILES string of the molecule is NC(=O)NS(=O)(=O)c1ccc(NC(=O)CCN2C(=O)C(=Cc3ccc(Cl)cc3)SC2=S)cc1. The number of nitrogens with one attached hydrogen (secondary N) is 2. The summed E-state index contributed by atoms with van der Waals surface area (Å²) in [5.41, 5.74) is 5.97. The Balaban J connectivity index is 1.57. The van der Waals surface area contributed by atoms with Crippen molar-refractivity contribution in [3.63, 3.8) is 0 Å². The molecule has 0 radical (unpaired) electrons. The molecular formula is C20H17ClN4O5S3. The Kier molecular flexibility index (Phi) is 7.74. The zero-order chi connectivity index (χ0) is 24.2. The Morgan fingerprint density at radius 2 is 1.76 bits per heavy atom. The van der Waals surface area contributed by atoms with Gasteiger partial charge in [0, 0.05) is 23.7 Å². The number of amides is 4. The van der Waals surface area contributed by atoms with E-state index in [0.717, 1.165) is 17.3 Å². The first-order valence-electron chi connectivity index (χ1n) is 9.28. The Bertz CT molecular complexity index is 1250. The van der Waals surface area contributed by atoms with E-state index in [4.69, 9.17) is 29.6 Å². The Morgan fingerprint density at radius 1 is 1.12 bits per heavy atom. The molecule has 1 aliphatic rings. The summed E-state index contributed by atoms with van der Waals surface area (Å²) in [6.45, 7) is 0.0868. The quantitative estimate of drug-likeness (QED) is 0.374. The largest absolute Gasteiger partial charge is 0.351 e. The van der Waals surface area contributed by atoms with Gasteiger partial charge >= 0.3 is 6.03 Å². The first-order valence-corrected chi connectivity index (χ1v) is 12.4. The minimum atomic E-state index is -4.08. The molecule has 33 heavy (non-hydrogen) atoms. The number of benzene rings is 2. The monoisotopic (exact) mass is 524 g/mol. The molecule has 1 saturated heterocycles. The lowest BCUT2D eigenvalue weighted by Gasteiger charge is -2.14. The van der Waals surface area contributed by atoms with Crippen LogP contribution < -0.4 is 15.8 Å². The molecular weight excluding hydrogens is 508 g/mol. The van der Waals surface area contributed by atoms with Crippen LogP contribution in [-0.2, 0) is 19.6 Å². The number of carbonyl (C=O) groups is 3. The third-order valence-corrected chi connectivity index (χ3v) is 7.28. The minimum absolute atomic E-state index is 0.0239. The van der Waals surface area contributed by atoms with Gasteiger partial charge < -0.3 is 11.1 Å². The van der Waals surface area contributed by atoms with Crippen molar-refractivity contribution in [3.8, 4) is 0 Å². The fraction of sp³-hybridized carbons (Fsp3) is 0.100. The average Bonchev–Trinajstić information content (AvgIpc) is 3.00. The second-order valence-electron chi connectivity index (χ2n) is 6.68. The summed E-state index contributed by atoms with van der Waals surface area (Å²) in [4.78, 5) is 37.3. The molecule has 1 heterocycles. The van der Waals surface area contributed by atoms with Crippen LogP contribution in [0.1, 0.15) is 12.0 Å². The number of hydrogen-bond donors (Lipinski definition) is 3. The molecule has 1 aliphatic heterocycles. The first kappa shape index (κ1) is 24.7. The molecule has 0 bridgehead atoms. The predicted molar refractivity (Wildman–Crippen MR) is 131 cm³/mol. The zero-order valence-electron chi connectivity index (χ0n) is 16.8. The topological polar surface area (TPSA) is 139 Å². The summed E-state index contributed by atoms with van der Waals surface area (Å²) in [6, 6.07) is 10.9. The smallest absolute Gasteiger partial charge is 0.326 e. The third kappa shape index (κ3) is 6.54. The molecule has 0 saturated carbocycles. The number of hydrogen-bond acceptors (Lipinski definition) is 7. The number of urea groups is 1. The number of nitrogens with two attached hydrogens (primary N) is 1. The van der Waals surface area contributed by atoms with E-state index in [9.17, 15) is 22.8 Å². The van der Waals surface area contributed by atoms with Crippen molar-refractivity contribution in [2.75, 3.05) is 11.9 Å². The molecule has 2 aromatic rings. The Morgan fingerprint density at radius 3 is 2.36 bits per heavy atom. The van der Waals surface area contributed by atoms with E-state index in [-0.39, 0.29) is 23.8 Å². The zero-order valence-corrected chi connectivity index (χ0v) is 20.0. The van der Waals surface area contributed by atoms with Gasteiger partial charge in [-0.25, -0.2) is 17.9 Å². The van der Waals surface area contributed by atoms with Gasteiger partial charge in [-0.15, -0.1) is 0 Å². The van der Waals surface area contributed by atoms with E-state index in [2.05, 4.69) is 5.32 Å². The summed E-state index contributed by atoms with van der Waals surface area (Å²) in [7, 11) is -4.08. The standard InChI is InChI=1S/C20H17ClN4O5S3/c21-13-3-1-12(2-4-13)11-16-18(27)25(20(31)32-16)10-9-17(26)23-14-5-7-15(8-6-14)33(29,30)24-19(22)28/h1-8,11H,9-10H2,(H,23,26)(H3,22,24,28). The number of sulfonamides is 1. The number of thiocarbonyl (C=S) groups is 1. The van der Waals surface area contributed by atoms with Crippen molar-refractivity contribution in [2.45, 2.75) is 11.3 Å². The van der Waals surface area contributed by atoms with Crippen molar-refractivity contribution < 1.29 is 22.8 Å². The van der Waals surface area contributed by atoms with Gasteiger partial charge in [0.25, 0.3) is 15.9 Å². The van der Waals surface area contributed by atoms with Gasteiger partial charge in [0.2, 0.25) is 5.91 Å². The fourth-order valence-corrected chi connectivity index (χ4v) is 5.06. The van der Waals surface area contributed by atoms with Crippen LogP contribution in [0.15, 0.2) is 58.3 Å². The molecule has 0 aromatic heterocycles. The van der Waals surface area contributed by atoms with Crippen molar-refractivity contribution in [2.24, 2.45) is 5.73 Å². The summed E-state index contributed by atoms with van der Waals surface area (Å²) in [5, 5.41) is 3.20. The van der Waals surface area contributed by atoms with Crippen LogP contribution in [0.2, 0.25) is 5.02 Å². The normalized spacial score (nSPS) is 15.1. The predicted octanol–water partition coefficient (Wildman–Crippen LogP) is 2.93. The van der Waals surface area contributed by atoms with Gasteiger partial charge in [-0.05, 0) is 48.0 Å². The van der Waals surface area contributed by atoms with Crippen LogP contribution in [0.3, 0.4) is 0 Å². The summed E-state index contributed by atoms with van der Waals surface area (Å²) in [5.74, 6) is -0.680. The molecule has 2 aromatic carbocycles. The lowest BCUT2D eigenvalue weighted by molar-refractivity contribution is -0.122. The highest BCUT2D eigenvalue weighted by atomic mass is 35.5. The number of anilines is 1. The molecule has 9 nitrogen and oxygen atoms in total. The molecule has 172 valence electrons. The van der Waals surface area contributed by atoms with Gasteiger partial charge in [-0.3, -0.25) is 14.5 Å². The van der Waals surface area contributed by atoms with Crippen LogP contribution in [0.4, 0.5) is 10.5 Å². The van der Waals surface area contributed by atoms with Crippen molar-refractivity contribution in [1.82, 2.24) is 9.62 Å². The maximum Gasteiger partial charge on any atom is 0.326 e. The van der Waals surface area contributed by atoms with E-state index in [1.54, 1.807) is 35.1 Å². The summed E-state index contributed by atoms with van der Waals surface area (Å²) >= 11 is 12.3. The minimum Gasteiger partial charge on any atom is -0.351 e. The van der Waals surface area contributed by atoms with E-state index in [1.165, 1.54) is 29.2 Å². The van der Waals surface area contributed by atoms with Crippen LogP contribution in [0.5, 0.6) is 0 Å². The van der Waals surface area contributed by atoms with Crippen molar-refractivity contribution in [1.29, 1.82) is 0 Å². The molecule has 0 aliphatic carbocycles. The number of carbonyl (C=O) groups excluding carboxylic acids is 3. The number of thioether (sulfide) groups is 1. The molecule has 4 amide bonds. The molecule has 0 unspecified atom stereocenters. The van der Waals surface area contributed by atoms with E-state index >= 15 is 0 Å². The molecule has 0 atom stereocenters. The van der Waals surface area contributed by atoms with Crippen molar-refractivity contribution >= 4 is 79.5 Å². The van der Waals surface area contributed by atoms with Gasteiger partial charge in [0.05, 0.1) is 9.80 Å². The van der Waals surface area contributed by atoms with Crippen LogP contribution in [0, 0.1) is 0 Å². The van der Waals surface area contributed by atoms with E-state index < -0.39 is 22.0 Å². The van der Waals surface area contributed by atoms with Crippen molar-refractivity contribution in [3.05, 3.63) is 64.0 Å². The lowest BCUT2D eigenvalue weighted by atomic mass is 10.2. The molecule has 0 spiro atoms. The van der Waals surface area contributed by atoms with E-state index in [1.807, 2.05) is 0 Å². The molecule has 13 heteroatoms. The number of halogens is 1. The van der Waals surface area contributed by atoms with E-state index in [0.29, 0.717) is 19.9 Å². The highest BCUT2D eigenvalue weighted by Crippen LogP contribution is 2.32. The first-order chi connectivity index (χ1) is 15.5. The third-order valence-electron chi connectivity index (χ3n) is 4.29. The lowest BCUT2D eigenvalue weighted by Crippen LogP contribution is -2.34. The second-order valence-corrected chi connectivity index (χ2v) is 10.5. The highest BCUT2D eigenvalue weighted by Gasteiger charge is 2.32. The molecule has 3 rings (SSSR count). The maximum atomic E-state index is 12.7. The van der Waals surface area contributed by atoms with Gasteiger partial charge in [0.15, 0.2) is 0 Å². The van der Waals surface area contributed by atoms with Crippen LogP contribution in [0.25, 0.3) is 6.08 Å². The van der Waals surface area contributed by atoms with Crippen LogP contribution >= 0.6 is 35.6 Å². The maximum absolute atomic E-state index is 12.7. The highest BCUT2D eigenvalue weighted by molar-refractivity contribution is 8.26. The van der Waals surface area contributed by atoms with Gasteiger partial charge in [-0.1, -0.05) is 47.7 Å². The molecule has 1 fully saturated rings. The van der Waals surface area contributed by atoms with Gasteiger partial charge in [-0.2, -0.15) is 0 Å². The Labute approximate surface area is 204 Å². The second kappa shape index (κ2) is 10.3. The van der Waals surface area contributed by atoms with Crippen LogP contribution in [-0.4, -0.2) is 42.0 Å².